The highest BCUT2D eigenvalue weighted by molar-refractivity contribution is 7.92. The topological polar surface area (TPSA) is 66.5 Å². The number of nitrogens with one attached hydrogen (secondary N) is 1. The molecule has 0 fully saturated rings. The summed E-state index contributed by atoms with van der Waals surface area (Å²) in [6, 6.07) is 15.5. The Morgan fingerprint density at radius 1 is 1.08 bits per heavy atom. The molecule has 0 atom stereocenters. The predicted octanol–water partition coefficient (Wildman–Crippen LogP) is 2.68. The molecule has 0 spiro atoms. The molecule has 0 aromatic heterocycles. The molecule has 0 aliphatic rings. The van der Waals surface area contributed by atoms with E-state index in [-0.39, 0.29) is 12.5 Å². The smallest absolute Gasteiger partial charge is 0.240 e. The van der Waals surface area contributed by atoms with Gasteiger partial charge in [0.2, 0.25) is 15.9 Å². The van der Waals surface area contributed by atoms with E-state index < -0.39 is 10.0 Å². The molecule has 140 valence electrons. The monoisotopic (exact) mass is 374 g/mol. The van der Waals surface area contributed by atoms with Crippen molar-refractivity contribution in [3.63, 3.8) is 0 Å². The summed E-state index contributed by atoms with van der Waals surface area (Å²) in [6.45, 7) is 4.08. The first-order chi connectivity index (χ1) is 12.3. The molecule has 1 amide bonds. The maximum Gasteiger partial charge on any atom is 0.240 e. The quantitative estimate of drug-likeness (QED) is 0.772. The number of aryl methyl sites for hydroxylation is 2. The second kappa shape index (κ2) is 8.85. The highest BCUT2D eigenvalue weighted by atomic mass is 32.2. The molecule has 2 rings (SSSR count). The second-order valence-corrected chi connectivity index (χ2v) is 8.20. The summed E-state index contributed by atoms with van der Waals surface area (Å²) >= 11 is 0. The Labute approximate surface area is 156 Å². The zero-order valence-electron chi connectivity index (χ0n) is 15.5. The van der Waals surface area contributed by atoms with E-state index in [0.717, 1.165) is 22.9 Å². The number of anilines is 1. The fraction of sp³-hybridized carbons (Fsp3) is 0.350. The van der Waals surface area contributed by atoms with E-state index >= 15 is 0 Å². The zero-order valence-corrected chi connectivity index (χ0v) is 16.3. The lowest BCUT2D eigenvalue weighted by atomic mass is 10.1. The number of carbonyl (C=O) groups is 1. The lowest BCUT2D eigenvalue weighted by Gasteiger charge is -2.26. The van der Waals surface area contributed by atoms with Gasteiger partial charge in [0, 0.05) is 6.54 Å². The van der Waals surface area contributed by atoms with Crippen LogP contribution < -0.4 is 9.62 Å². The Kier molecular flexibility index (Phi) is 6.80. The molecule has 0 bridgehead atoms. The van der Waals surface area contributed by atoms with Crippen LogP contribution in [0, 0.1) is 6.92 Å². The summed E-state index contributed by atoms with van der Waals surface area (Å²) < 4.78 is 25.9. The molecule has 1 N–H and O–H groups in total. The number of sulfonamides is 1. The normalized spacial score (nSPS) is 11.2. The van der Waals surface area contributed by atoms with Crippen molar-refractivity contribution in [3.8, 4) is 0 Å². The third-order valence-corrected chi connectivity index (χ3v) is 5.33. The Bertz CT molecular complexity index is 849. The molecule has 26 heavy (non-hydrogen) atoms. The average Bonchev–Trinajstić information content (AvgIpc) is 2.60. The Morgan fingerprint density at radius 2 is 1.77 bits per heavy atom. The van der Waals surface area contributed by atoms with Crippen molar-refractivity contribution in [2.24, 2.45) is 0 Å². The third-order valence-electron chi connectivity index (χ3n) is 4.22. The minimum absolute atomic E-state index is 0.217. The van der Waals surface area contributed by atoms with E-state index in [2.05, 4.69) is 5.32 Å². The fourth-order valence-corrected chi connectivity index (χ4v) is 3.85. The van der Waals surface area contributed by atoms with Gasteiger partial charge in [-0.05, 0) is 36.5 Å². The van der Waals surface area contributed by atoms with Crippen molar-refractivity contribution < 1.29 is 13.2 Å². The number of nitrogens with zero attached hydrogens (tertiary/aromatic N) is 1. The molecular weight excluding hydrogens is 348 g/mol. The van der Waals surface area contributed by atoms with Gasteiger partial charge in [0.1, 0.15) is 6.54 Å². The molecule has 0 saturated carbocycles. The minimum atomic E-state index is -3.57. The number of para-hydroxylation sites is 1. The molecular formula is C20H26N2O3S. The SMILES string of the molecule is CCc1cccc(C)c1N(CC(=O)NCCc1ccccc1)S(C)(=O)=O. The summed E-state index contributed by atoms with van der Waals surface area (Å²) in [5.74, 6) is -0.309. The molecule has 0 aliphatic heterocycles. The molecule has 5 nitrogen and oxygen atoms in total. The highest BCUT2D eigenvalue weighted by Crippen LogP contribution is 2.27. The molecule has 0 radical (unpaired) electrons. The second-order valence-electron chi connectivity index (χ2n) is 6.29. The maximum absolute atomic E-state index is 12.4. The van der Waals surface area contributed by atoms with Crippen LogP contribution in [0.4, 0.5) is 5.69 Å². The molecule has 2 aromatic carbocycles. The van der Waals surface area contributed by atoms with Crippen molar-refractivity contribution in [2.75, 3.05) is 23.7 Å². The van der Waals surface area contributed by atoms with Crippen LogP contribution in [0.15, 0.2) is 48.5 Å². The van der Waals surface area contributed by atoms with Gasteiger partial charge in [-0.2, -0.15) is 0 Å². The van der Waals surface area contributed by atoms with Crippen molar-refractivity contribution >= 4 is 21.6 Å². The Balaban J connectivity index is 2.11. The number of rotatable bonds is 8. The van der Waals surface area contributed by atoms with Crippen molar-refractivity contribution in [2.45, 2.75) is 26.7 Å². The minimum Gasteiger partial charge on any atom is -0.354 e. The van der Waals surface area contributed by atoms with E-state index in [0.29, 0.717) is 25.1 Å². The summed E-state index contributed by atoms with van der Waals surface area (Å²) in [5, 5.41) is 2.82. The van der Waals surface area contributed by atoms with Gasteiger partial charge in [0.15, 0.2) is 0 Å². The number of hydrogen-bond acceptors (Lipinski definition) is 3. The van der Waals surface area contributed by atoms with Gasteiger partial charge in [-0.3, -0.25) is 9.10 Å². The fourth-order valence-electron chi connectivity index (χ4n) is 2.90. The van der Waals surface area contributed by atoms with E-state index in [9.17, 15) is 13.2 Å². The molecule has 6 heteroatoms. The summed E-state index contributed by atoms with van der Waals surface area (Å²) in [6.07, 6.45) is 2.53. The van der Waals surface area contributed by atoms with Gasteiger partial charge < -0.3 is 5.32 Å². The largest absolute Gasteiger partial charge is 0.354 e. The van der Waals surface area contributed by atoms with Crippen molar-refractivity contribution in [1.29, 1.82) is 0 Å². The van der Waals surface area contributed by atoms with Gasteiger partial charge >= 0.3 is 0 Å². The van der Waals surface area contributed by atoms with E-state index in [1.807, 2.05) is 62.4 Å². The first-order valence-corrected chi connectivity index (χ1v) is 10.5. The maximum atomic E-state index is 12.4. The molecule has 0 saturated heterocycles. The summed E-state index contributed by atoms with van der Waals surface area (Å²) in [7, 11) is -3.57. The summed E-state index contributed by atoms with van der Waals surface area (Å²) in [5.41, 5.74) is 3.48. The first kappa shape index (κ1) is 20.0. The van der Waals surface area contributed by atoms with Gasteiger partial charge in [0.05, 0.1) is 11.9 Å². The van der Waals surface area contributed by atoms with Crippen LogP contribution >= 0.6 is 0 Å². The first-order valence-electron chi connectivity index (χ1n) is 8.69. The molecule has 0 aliphatic carbocycles. The van der Waals surface area contributed by atoms with E-state index in [4.69, 9.17) is 0 Å². The molecule has 0 unspecified atom stereocenters. The van der Waals surface area contributed by atoms with E-state index in [1.165, 1.54) is 4.31 Å². The standard InChI is InChI=1S/C20H26N2O3S/c1-4-18-12-8-9-16(2)20(18)22(26(3,24)25)15-19(23)21-14-13-17-10-6-5-7-11-17/h5-12H,4,13-15H2,1-3H3,(H,21,23). The Morgan fingerprint density at radius 3 is 2.38 bits per heavy atom. The van der Waals surface area contributed by atoms with Crippen LogP contribution in [0.1, 0.15) is 23.6 Å². The van der Waals surface area contributed by atoms with Gasteiger partial charge in [-0.25, -0.2) is 8.42 Å². The highest BCUT2D eigenvalue weighted by Gasteiger charge is 2.24. The number of carbonyl (C=O) groups excluding carboxylic acids is 1. The van der Waals surface area contributed by atoms with E-state index in [1.54, 1.807) is 0 Å². The van der Waals surface area contributed by atoms with Crippen molar-refractivity contribution in [3.05, 3.63) is 65.2 Å². The van der Waals surface area contributed by atoms with Gasteiger partial charge in [-0.1, -0.05) is 55.5 Å². The van der Waals surface area contributed by atoms with Crippen molar-refractivity contribution in [1.82, 2.24) is 5.32 Å². The van der Waals surface area contributed by atoms with Crippen LogP contribution in [-0.4, -0.2) is 33.7 Å². The molecule has 2 aromatic rings. The lowest BCUT2D eigenvalue weighted by Crippen LogP contribution is -2.41. The average molecular weight is 375 g/mol. The van der Waals surface area contributed by atoms with Crippen LogP contribution in [0.3, 0.4) is 0 Å². The number of hydrogen-bond donors (Lipinski definition) is 1. The lowest BCUT2D eigenvalue weighted by molar-refractivity contribution is -0.119. The zero-order chi connectivity index (χ0) is 19.2. The number of amides is 1. The van der Waals surface area contributed by atoms with Crippen LogP contribution in [-0.2, 0) is 27.7 Å². The van der Waals surface area contributed by atoms with Crippen LogP contribution in [0.25, 0.3) is 0 Å². The van der Waals surface area contributed by atoms with Gasteiger partial charge in [0.25, 0.3) is 0 Å². The van der Waals surface area contributed by atoms with Gasteiger partial charge in [-0.15, -0.1) is 0 Å². The molecule has 0 heterocycles. The summed E-state index contributed by atoms with van der Waals surface area (Å²) in [4.78, 5) is 12.4. The Hall–Kier alpha value is -2.34. The number of benzene rings is 2. The van der Waals surface area contributed by atoms with Crippen LogP contribution in [0.5, 0.6) is 0 Å². The van der Waals surface area contributed by atoms with Crippen LogP contribution in [0.2, 0.25) is 0 Å². The third kappa shape index (κ3) is 5.33. The predicted molar refractivity (Wildman–Crippen MR) is 106 cm³/mol.